The number of ether oxygens (including phenoxy) is 4. The van der Waals surface area contributed by atoms with Crippen LogP contribution in [0.4, 0.5) is 0 Å². The number of hydrogen-bond acceptors (Lipinski definition) is 16. The molecular weight excluding hydrogens is 1220 g/mol. The van der Waals surface area contributed by atoms with Gasteiger partial charge in [-0.25, -0.2) is 0 Å². The lowest BCUT2D eigenvalue weighted by molar-refractivity contribution is -0.131. The zero-order chi connectivity index (χ0) is 62.7. The Hall–Kier alpha value is 0.520. The number of unbranched alkanes of at least 4 members (excludes halogenated alkanes) is 8. The van der Waals surface area contributed by atoms with Gasteiger partial charge in [0.15, 0.2) is 0 Å². The first-order chi connectivity index (χ1) is 42.3. The maximum atomic E-state index is 13.2. The van der Waals surface area contributed by atoms with Gasteiger partial charge in [0, 0.05) is 125 Å². The SMILES string of the molecule is [2H]CCCCSCCOCCOCCSCCC(=O)N(CCCC)CCCSCCCCSCCC(=O)N(CCCC)CCCSCCCCSCCC(=O)N(CCCC)CCCSCCOCCOCCSCCC(=O)N(CCCC)CCCC. The fraction of sp³-hybridized carbons (Fsp3) is 0.938. The van der Waals surface area contributed by atoms with Crippen LogP contribution in [0, 0.1) is 0 Å². The van der Waals surface area contributed by atoms with E-state index in [9.17, 15) is 19.2 Å². The number of rotatable bonds is 70. The Morgan fingerprint density at radius 2 is 0.471 bits per heavy atom. The molecule has 0 saturated heterocycles. The van der Waals surface area contributed by atoms with Gasteiger partial charge in [0.2, 0.25) is 23.6 Å². The van der Waals surface area contributed by atoms with Gasteiger partial charge in [-0.15, -0.1) is 0 Å². The topological polar surface area (TPSA) is 118 Å². The molecule has 0 aliphatic heterocycles. The molecule has 0 aromatic rings. The summed E-state index contributed by atoms with van der Waals surface area (Å²) in [6.07, 6.45) is 23.4. The van der Waals surface area contributed by atoms with E-state index in [2.05, 4.69) is 54.2 Å². The van der Waals surface area contributed by atoms with Gasteiger partial charge in [0.1, 0.15) is 0 Å². The first-order valence-corrected chi connectivity index (χ1v) is 42.9. The van der Waals surface area contributed by atoms with Gasteiger partial charge < -0.3 is 38.5 Å². The summed E-state index contributed by atoms with van der Waals surface area (Å²) in [4.78, 5) is 60.5. The first kappa shape index (κ1) is 83.5. The molecule has 0 rings (SSSR count). The molecule has 0 atom stereocenters. The number of thioether (sulfide) groups is 8. The largest absolute Gasteiger partial charge is 0.378 e. The fourth-order valence-corrected chi connectivity index (χ4v) is 15.4. The van der Waals surface area contributed by atoms with E-state index in [1.165, 1.54) is 25.7 Å². The maximum absolute atomic E-state index is 13.2. The molecule has 0 bridgehead atoms. The Morgan fingerprint density at radius 1 is 0.259 bits per heavy atom. The van der Waals surface area contributed by atoms with Crippen molar-refractivity contribution < 1.29 is 39.5 Å². The summed E-state index contributed by atoms with van der Waals surface area (Å²) in [6, 6.07) is 0. The predicted molar refractivity (Wildman–Crippen MR) is 388 cm³/mol. The van der Waals surface area contributed by atoms with Gasteiger partial charge in [-0.1, -0.05) is 80.0 Å². The number of hydrogen-bond donors (Lipinski definition) is 0. The molecule has 0 radical (unpaired) electrons. The van der Waals surface area contributed by atoms with Crippen molar-refractivity contribution in [3.63, 3.8) is 0 Å². The van der Waals surface area contributed by atoms with E-state index in [0.717, 1.165) is 254 Å². The van der Waals surface area contributed by atoms with Crippen molar-refractivity contribution in [3.05, 3.63) is 0 Å². The molecule has 0 saturated carbocycles. The second-order valence-electron chi connectivity index (χ2n) is 21.3. The molecule has 504 valence electrons. The molecule has 0 aliphatic carbocycles. The fourth-order valence-electron chi connectivity index (χ4n) is 8.48. The van der Waals surface area contributed by atoms with E-state index in [1.54, 1.807) is 23.5 Å². The third-order valence-corrected chi connectivity index (χ3v) is 22.1. The van der Waals surface area contributed by atoms with Gasteiger partial charge in [-0.2, -0.15) is 94.1 Å². The molecule has 4 amide bonds. The van der Waals surface area contributed by atoms with E-state index in [0.29, 0.717) is 89.9 Å². The quantitative estimate of drug-likeness (QED) is 0.0537. The average molecular weight is 1350 g/mol. The third-order valence-electron chi connectivity index (χ3n) is 13.7. The molecule has 0 fully saturated rings. The second-order valence-corrected chi connectivity index (χ2v) is 31.1. The Morgan fingerprint density at radius 3 is 0.729 bits per heavy atom. The van der Waals surface area contributed by atoms with Crippen LogP contribution in [0.1, 0.15) is 191 Å². The summed E-state index contributed by atoms with van der Waals surface area (Å²) < 4.78 is 30.1. The van der Waals surface area contributed by atoms with Crippen molar-refractivity contribution in [2.45, 2.75) is 189 Å². The Balaban J connectivity index is 3.98. The average Bonchev–Trinajstić information content (AvgIpc) is 3.55. The molecule has 0 unspecified atom stereocenters. The van der Waals surface area contributed by atoms with Gasteiger partial charge in [0.05, 0.1) is 52.9 Å². The van der Waals surface area contributed by atoms with E-state index in [4.69, 9.17) is 20.3 Å². The van der Waals surface area contributed by atoms with Crippen LogP contribution in [0.5, 0.6) is 0 Å². The standard InChI is InChI=1S/C65H128N4O8S8/c1-7-13-30-66(31-14-8-2)62(70)28-56-84-60-44-77-41-39-75-43-59-83-53-25-37-69(34-17-11-5)64(72)27-55-81-50-22-19-47-78-51-23-35-67(32-15-9-3)63(71)26-54-80-49-21-20-48-79-52-24-36-68(33-16-10-4)65(73)29-57-85-61-45-76-40-38-74-42-58-82-46-18-12-6/h7-61H2,1-6H3/i6D. The summed E-state index contributed by atoms with van der Waals surface area (Å²) in [5.74, 6) is 17.4. The molecule has 0 aromatic heterocycles. The highest BCUT2D eigenvalue weighted by atomic mass is 32.2. The number of carbonyl (C=O) groups is 4. The van der Waals surface area contributed by atoms with Crippen LogP contribution < -0.4 is 0 Å². The lowest BCUT2D eigenvalue weighted by atomic mass is 10.2. The lowest BCUT2D eigenvalue weighted by Gasteiger charge is -2.22. The Kier molecular flexibility index (Phi) is 69.2. The summed E-state index contributed by atoms with van der Waals surface area (Å²) in [5, 5.41) is 0. The van der Waals surface area contributed by atoms with Crippen LogP contribution in [0.25, 0.3) is 0 Å². The highest BCUT2D eigenvalue weighted by Crippen LogP contribution is 2.17. The normalized spacial score (nSPS) is 11.6. The van der Waals surface area contributed by atoms with E-state index in [1.807, 2.05) is 70.6 Å². The maximum Gasteiger partial charge on any atom is 0.223 e. The van der Waals surface area contributed by atoms with Crippen molar-refractivity contribution in [2.24, 2.45) is 0 Å². The summed E-state index contributed by atoms with van der Waals surface area (Å²) in [7, 11) is 0. The molecule has 0 aromatic carbocycles. The van der Waals surface area contributed by atoms with Crippen LogP contribution in [0.3, 0.4) is 0 Å². The number of amides is 4. The second kappa shape index (κ2) is 70.4. The van der Waals surface area contributed by atoms with E-state index in [-0.39, 0.29) is 5.91 Å². The zero-order valence-corrected chi connectivity index (χ0v) is 61.5. The summed E-state index contributed by atoms with van der Waals surface area (Å²) >= 11 is 15.3. The minimum Gasteiger partial charge on any atom is -0.378 e. The number of nitrogens with zero attached hydrogens (tertiary/aromatic N) is 4. The van der Waals surface area contributed by atoms with Gasteiger partial charge >= 0.3 is 0 Å². The van der Waals surface area contributed by atoms with Crippen LogP contribution in [0.2, 0.25) is 0 Å². The van der Waals surface area contributed by atoms with Crippen LogP contribution in [0.15, 0.2) is 0 Å². The molecule has 0 spiro atoms. The highest BCUT2D eigenvalue weighted by Gasteiger charge is 2.16. The summed E-state index contributed by atoms with van der Waals surface area (Å²) in [6.45, 7) is 23.7. The Labute approximate surface area is 559 Å². The number of carbonyl (C=O) groups excluding carboxylic acids is 4. The van der Waals surface area contributed by atoms with Gasteiger partial charge in [-0.3, -0.25) is 19.2 Å². The van der Waals surface area contributed by atoms with Crippen LogP contribution in [-0.2, 0) is 38.1 Å². The molecule has 0 heterocycles. The lowest BCUT2D eigenvalue weighted by Crippen LogP contribution is -2.33. The molecular formula is C65H128N4O8S8. The Bertz CT molecular complexity index is 1470. The van der Waals surface area contributed by atoms with Gasteiger partial charge in [-0.05, 0) is 129 Å². The molecule has 0 aliphatic rings. The third kappa shape index (κ3) is 59.3. The van der Waals surface area contributed by atoms with E-state index < -0.39 is 0 Å². The molecule has 20 heteroatoms. The van der Waals surface area contributed by atoms with Crippen LogP contribution in [-0.4, -0.2) is 240 Å². The summed E-state index contributed by atoms with van der Waals surface area (Å²) in [5.41, 5.74) is 0. The minimum absolute atomic E-state index is 0.289. The zero-order valence-electron chi connectivity index (χ0n) is 55.9. The molecule has 85 heavy (non-hydrogen) atoms. The molecule has 12 nitrogen and oxygen atoms in total. The van der Waals surface area contributed by atoms with Crippen molar-refractivity contribution in [3.8, 4) is 0 Å². The van der Waals surface area contributed by atoms with Gasteiger partial charge in [0.25, 0.3) is 0 Å². The first-order valence-electron chi connectivity index (χ1n) is 34.3. The van der Waals surface area contributed by atoms with Crippen molar-refractivity contribution in [1.29, 1.82) is 0 Å². The van der Waals surface area contributed by atoms with Crippen molar-refractivity contribution in [2.75, 3.05) is 197 Å². The molecule has 0 N–H and O–H groups in total. The predicted octanol–water partition coefficient (Wildman–Crippen LogP) is 15.3. The smallest absolute Gasteiger partial charge is 0.223 e. The highest BCUT2D eigenvalue weighted by molar-refractivity contribution is 8.00. The minimum atomic E-state index is 0.289. The van der Waals surface area contributed by atoms with Crippen molar-refractivity contribution >= 4 is 118 Å². The van der Waals surface area contributed by atoms with Crippen LogP contribution >= 0.6 is 94.1 Å². The van der Waals surface area contributed by atoms with E-state index >= 15 is 0 Å². The van der Waals surface area contributed by atoms with Crippen molar-refractivity contribution in [1.82, 2.24) is 19.6 Å². The monoisotopic (exact) mass is 1350 g/mol.